The number of fused-ring (bicyclic) bond motifs is 1. The van der Waals surface area contributed by atoms with Gasteiger partial charge >= 0.3 is 0 Å². The first-order valence-corrected chi connectivity index (χ1v) is 10.1. The molecule has 2 heterocycles. The highest BCUT2D eigenvalue weighted by atomic mass is 32.2. The van der Waals surface area contributed by atoms with Crippen LogP contribution in [-0.4, -0.2) is 37.3 Å². The fraction of sp³-hybridized carbons (Fsp3) is 0.611. The highest BCUT2D eigenvalue weighted by molar-refractivity contribution is 7.91. The Hall–Kier alpha value is -1.36. The Morgan fingerprint density at radius 3 is 2.57 bits per heavy atom. The summed E-state index contributed by atoms with van der Waals surface area (Å²) in [6, 6.07) is 6.57. The first kappa shape index (κ1) is 16.5. The molecule has 0 aromatic heterocycles. The van der Waals surface area contributed by atoms with Crippen LogP contribution in [0.25, 0.3) is 0 Å². The highest BCUT2D eigenvalue weighted by Gasteiger charge is 2.36. The van der Waals surface area contributed by atoms with Gasteiger partial charge in [0.05, 0.1) is 17.4 Å². The van der Waals surface area contributed by atoms with Gasteiger partial charge in [-0.25, -0.2) is 8.42 Å². The number of amides is 1. The van der Waals surface area contributed by atoms with Crippen molar-refractivity contribution in [1.29, 1.82) is 0 Å². The second-order valence-electron chi connectivity index (χ2n) is 7.84. The Morgan fingerprint density at radius 2 is 1.96 bits per heavy atom. The van der Waals surface area contributed by atoms with Crippen LogP contribution >= 0.6 is 0 Å². The molecule has 23 heavy (non-hydrogen) atoms. The molecule has 2 aliphatic heterocycles. The lowest BCUT2D eigenvalue weighted by Gasteiger charge is -2.32. The van der Waals surface area contributed by atoms with E-state index in [4.69, 9.17) is 0 Å². The predicted octanol–water partition coefficient (Wildman–Crippen LogP) is 2.30. The molecule has 1 atom stereocenters. The molecule has 126 valence electrons. The minimum absolute atomic E-state index is 0.0119. The van der Waals surface area contributed by atoms with Gasteiger partial charge < -0.3 is 4.90 Å². The number of benzene rings is 1. The first-order chi connectivity index (χ1) is 10.7. The number of rotatable bonds is 1. The fourth-order valence-electron chi connectivity index (χ4n) is 3.46. The van der Waals surface area contributed by atoms with Crippen molar-refractivity contribution in [3.8, 4) is 0 Å². The minimum Gasteiger partial charge on any atom is -0.338 e. The Bertz CT molecular complexity index is 731. The van der Waals surface area contributed by atoms with Gasteiger partial charge in [-0.1, -0.05) is 39.0 Å². The van der Waals surface area contributed by atoms with Gasteiger partial charge in [0, 0.05) is 13.1 Å². The maximum atomic E-state index is 12.6. The molecule has 0 aliphatic carbocycles. The van der Waals surface area contributed by atoms with E-state index in [0.717, 1.165) is 6.42 Å². The number of sulfone groups is 1. The lowest BCUT2D eigenvalue weighted by atomic mass is 9.84. The van der Waals surface area contributed by atoms with Gasteiger partial charge in [-0.05, 0) is 34.9 Å². The minimum atomic E-state index is -3.01. The SMILES string of the molecule is CC(C)(C)c1ccc2c(c1)CN(C(=O)[C@H]1CCS(=O)(=O)C1)CC2. The van der Waals surface area contributed by atoms with E-state index in [9.17, 15) is 13.2 Å². The van der Waals surface area contributed by atoms with Crippen molar-refractivity contribution in [3.05, 3.63) is 34.9 Å². The molecule has 0 bridgehead atoms. The summed E-state index contributed by atoms with van der Waals surface area (Å²) in [4.78, 5) is 14.5. The summed E-state index contributed by atoms with van der Waals surface area (Å²) in [6.07, 6.45) is 1.33. The summed E-state index contributed by atoms with van der Waals surface area (Å²) in [5.74, 6) is -0.149. The van der Waals surface area contributed by atoms with E-state index in [1.165, 1.54) is 16.7 Å². The van der Waals surface area contributed by atoms with Crippen LogP contribution in [0, 0.1) is 5.92 Å². The van der Waals surface area contributed by atoms with Crippen molar-refractivity contribution in [2.45, 2.75) is 45.6 Å². The molecule has 1 amide bonds. The van der Waals surface area contributed by atoms with Gasteiger partial charge in [-0.3, -0.25) is 4.79 Å². The van der Waals surface area contributed by atoms with Crippen molar-refractivity contribution in [2.75, 3.05) is 18.1 Å². The van der Waals surface area contributed by atoms with Crippen molar-refractivity contribution in [3.63, 3.8) is 0 Å². The van der Waals surface area contributed by atoms with Gasteiger partial charge in [-0.2, -0.15) is 0 Å². The summed E-state index contributed by atoms with van der Waals surface area (Å²) in [5, 5.41) is 0. The van der Waals surface area contributed by atoms with Crippen LogP contribution in [0.15, 0.2) is 18.2 Å². The van der Waals surface area contributed by atoms with Crippen LogP contribution in [0.5, 0.6) is 0 Å². The average molecular weight is 335 g/mol. The molecule has 3 rings (SSSR count). The molecule has 0 N–H and O–H groups in total. The molecule has 2 aliphatic rings. The monoisotopic (exact) mass is 335 g/mol. The van der Waals surface area contributed by atoms with Crippen LogP contribution in [0.4, 0.5) is 0 Å². The molecule has 1 aromatic carbocycles. The largest absolute Gasteiger partial charge is 0.338 e. The van der Waals surface area contributed by atoms with Crippen LogP contribution in [-0.2, 0) is 33.0 Å². The van der Waals surface area contributed by atoms with Crippen LogP contribution in [0.1, 0.15) is 43.9 Å². The van der Waals surface area contributed by atoms with Crippen LogP contribution in [0.3, 0.4) is 0 Å². The number of carbonyl (C=O) groups is 1. The van der Waals surface area contributed by atoms with E-state index in [-0.39, 0.29) is 28.7 Å². The number of carbonyl (C=O) groups excluding carboxylic acids is 1. The zero-order valence-corrected chi connectivity index (χ0v) is 14.9. The Morgan fingerprint density at radius 1 is 1.22 bits per heavy atom. The normalized spacial score (nSPS) is 23.6. The quantitative estimate of drug-likeness (QED) is 0.791. The number of hydrogen-bond acceptors (Lipinski definition) is 3. The summed E-state index contributed by atoms with van der Waals surface area (Å²) in [6.45, 7) is 7.85. The molecular weight excluding hydrogens is 310 g/mol. The van der Waals surface area contributed by atoms with E-state index < -0.39 is 9.84 Å². The standard InChI is InChI=1S/C18H25NO3S/c1-18(2,3)16-5-4-13-6-8-19(11-15(13)10-16)17(20)14-7-9-23(21,22)12-14/h4-5,10,14H,6-9,11-12H2,1-3H3/t14-/m0/s1. The summed E-state index contributed by atoms with van der Waals surface area (Å²) < 4.78 is 23.2. The maximum Gasteiger partial charge on any atom is 0.227 e. The van der Waals surface area contributed by atoms with E-state index in [2.05, 4.69) is 39.0 Å². The Labute approximate surface area is 138 Å². The lowest BCUT2D eigenvalue weighted by Crippen LogP contribution is -2.40. The third-order valence-electron chi connectivity index (χ3n) is 4.98. The molecule has 1 aromatic rings. The zero-order chi connectivity index (χ0) is 16.8. The van der Waals surface area contributed by atoms with E-state index in [0.29, 0.717) is 19.5 Å². The molecular formula is C18H25NO3S. The molecule has 4 nitrogen and oxygen atoms in total. The van der Waals surface area contributed by atoms with Crippen molar-refractivity contribution in [2.24, 2.45) is 5.92 Å². The first-order valence-electron chi connectivity index (χ1n) is 8.27. The Balaban J connectivity index is 1.78. The van der Waals surface area contributed by atoms with Gasteiger partial charge in [0.15, 0.2) is 9.84 Å². The second kappa shape index (κ2) is 5.62. The molecule has 1 fully saturated rings. The highest BCUT2D eigenvalue weighted by Crippen LogP contribution is 2.29. The van der Waals surface area contributed by atoms with E-state index >= 15 is 0 Å². The van der Waals surface area contributed by atoms with Gasteiger partial charge in [0.2, 0.25) is 5.91 Å². The fourth-order valence-corrected chi connectivity index (χ4v) is 5.19. The maximum absolute atomic E-state index is 12.6. The molecule has 0 saturated carbocycles. The van der Waals surface area contributed by atoms with Crippen molar-refractivity contribution in [1.82, 2.24) is 4.90 Å². The number of hydrogen-bond donors (Lipinski definition) is 0. The molecule has 0 unspecified atom stereocenters. The average Bonchev–Trinajstić information content (AvgIpc) is 2.84. The third-order valence-corrected chi connectivity index (χ3v) is 6.75. The molecule has 0 spiro atoms. The summed E-state index contributed by atoms with van der Waals surface area (Å²) >= 11 is 0. The number of nitrogens with zero attached hydrogens (tertiary/aromatic N) is 1. The summed E-state index contributed by atoms with van der Waals surface area (Å²) in [7, 11) is -3.01. The van der Waals surface area contributed by atoms with Gasteiger partial charge in [0.1, 0.15) is 0 Å². The molecule has 0 radical (unpaired) electrons. The third kappa shape index (κ3) is 3.44. The van der Waals surface area contributed by atoms with Gasteiger partial charge in [-0.15, -0.1) is 0 Å². The van der Waals surface area contributed by atoms with Gasteiger partial charge in [0.25, 0.3) is 0 Å². The topological polar surface area (TPSA) is 54.5 Å². The molecule has 5 heteroatoms. The van der Waals surface area contributed by atoms with Crippen LogP contribution in [0.2, 0.25) is 0 Å². The zero-order valence-electron chi connectivity index (χ0n) is 14.1. The Kier molecular flexibility index (Phi) is 4.03. The predicted molar refractivity (Wildman–Crippen MR) is 91.0 cm³/mol. The van der Waals surface area contributed by atoms with E-state index in [1.807, 2.05) is 4.90 Å². The van der Waals surface area contributed by atoms with Crippen molar-refractivity contribution >= 4 is 15.7 Å². The summed E-state index contributed by atoms with van der Waals surface area (Å²) in [5.41, 5.74) is 3.87. The molecule has 1 saturated heterocycles. The van der Waals surface area contributed by atoms with Crippen molar-refractivity contribution < 1.29 is 13.2 Å². The lowest BCUT2D eigenvalue weighted by molar-refractivity contribution is -0.135. The second-order valence-corrected chi connectivity index (χ2v) is 10.1. The smallest absolute Gasteiger partial charge is 0.227 e. The van der Waals surface area contributed by atoms with E-state index in [1.54, 1.807) is 0 Å². The van der Waals surface area contributed by atoms with Crippen LogP contribution < -0.4 is 0 Å².